The third-order valence-electron chi connectivity index (χ3n) is 4.61. The fourth-order valence-corrected chi connectivity index (χ4v) is 3.06. The largest absolute Gasteiger partial charge is 0.349 e. The number of carbonyl (C=O) groups is 1. The van der Waals surface area contributed by atoms with Crippen LogP contribution in [-0.2, 0) is 6.54 Å². The summed E-state index contributed by atoms with van der Waals surface area (Å²) in [6.45, 7) is 8.30. The predicted molar refractivity (Wildman–Crippen MR) is 99.9 cm³/mol. The van der Waals surface area contributed by atoms with E-state index in [1.54, 1.807) is 0 Å². The van der Waals surface area contributed by atoms with Crippen molar-refractivity contribution in [2.75, 3.05) is 37.6 Å². The molecule has 0 unspecified atom stereocenters. The van der Waals surface area contributed by atoms with Gasteiger partial charge in [0.1, 0.15) is 0 Å². The number of hydrogen-bond acceptors (Lipinski definition) is 6. The van der Waals surface area contributed by atoms with Gasteiger partial charge in [-0.2, -0.15) is 0 Å². The molecule has 1 aromatic carbocycles. The Bertz CT molecular complexity index is 816. The van der Waals surface area contributed by atoms with Crippen LogP contribution in [0.25, 0.3) is 0 Å². The zero-order valence-electron chi connectivity index (χ0n) is 15.2. The average molecular weight is 356 g/mol. The summed E-state index contributed by atoms with van der Waals surface area (Å²) in [5, 5.41) is 10.8. The van der Waals surface area contributed by atoms with Crippen LogP contribution in [0.1, 0.15) is 24.3 Å². The number of para-hydroxylation sites is 1. The van der Waals surface area contributed by atoms with Gasteiger partial charge in [0.05, 0.1) is 0 Å². The first-order chi connectivity index (χ1) is 12.7. The summed E-state index contributed by atoms with van der Waals surface area (Å²) in [5.41, 5.74) is 0.404. The summed E-state index contributed by atoms with van der Waals surface area (Å²) in [7, 11) is 0. The minimum atomic E-state index is -0.469. The van der Waals surface area contributed by atoms with Gasteiger partial charge in [-0.3, -0.25) is 14.2 Å². The van der Waals surface area contributed by atoms with Crippen LogP contribution in [-0.4, -0.2) is 58.3 Å². The number of benzene rings is 1. The van der Waals surface area contributed by atoms with Crippen LogP contribution in [0.5, 0.6) is 0 Å². The molecule has 1 N–H and O–H groups in total. The Hall–Kier alpha value is -2.74. The van der Waals surface area contributed by atoms with E-state index in [-0.39, 0.29) is 5.69 Å². The Labute approximate surface area is 152 Å². The van der Waals surface area contributed by atoms with Gasteiger partial charge in [0.25, 0.3) is 11.5 Å². The first kappa shape index (κ1) is 18.1. The first-order valence-electron chi connectivity index (χ1n) is 8.96. The third-order valence-corrected chi connectivity index (χ3v) is 4.61. The van der Waals surface area contributed by atoms with Crippen LogP contribution >= 0.6 is 0 Å². The van der Waals surface area contributed by atoms with Crippen molar-refractivity contribution in [2.45, 2.75) is 20.4 Å². The minimum Gasteiger partial charge on any atom is -0.349 e. The number of nitrogens with zero attached hydrogens (tertiary/aromatic N) is 5. The lowest BCUT2D eigenvalue weighted by molar-refractivity contribution is 0.0940. The molecule has 1 amide bonds. The standard InChI is InChI=1S/C18H24N6O2/c1-3-22(4-2)11-10-19-16(25)15-17(26)24-13-12-23(18(24)21-20-15)14-8-6-5-7-9-14/h5-9H,3-4,10-13H2,1-2H3,(H,19,25). The molecule has 0 radical (unpaired) electrons. The fraction of sp³-hybridized carbons (Fsp3) is 0.444. The highest BCUT2D eigenvalue weighted by Crippen LogP contribution is 2.25. The molecule has 0 aliphatic carbocycles. The van der Waals surface area contributed by atoms with Crippen molar-refractivity contribution in [1.82, 2.24) is 25.0 Å². The molecule has 1 aromatic heterocycles. The van der Waals surface area contributed by atoms with Crippen LogP contribution in [0.2, 0.25) is 0 Å². The number of carbonyl (C=O) groups excluding carboxylic acids is 1. The first-order valence-corrected chi connectivity index (χ1v) is 8.96. The third kappa shape index (κ3) is 3.60. The molecule has 0 fully saturated rings. The minimum absolute atomic E-state index is 0.150. The summed E-state index contributed by atoms with van der Waals surface area (Å²) < 4.78 is 1.51. The van der Waals surface area contributed by atoms with E-state index in [2.05, 4.69) is 34.3 Å². The quantitative estimate of drug-likeness (QED) is 0.792. The van der Waals surface area contributed by atoms with E-state index < -0.39 is 11.5 Å². The van der Waals surface area contributed by atoms with Crippen molar-refractivity contribution in [3.63, 3.8) is 0 Å². The molecule has 2 aromatic rings. The molecule has 26 heavy (non-hydrogen) atoms. The number of likely N-dealkylation sites (N-methyl/N-ethyl adjacent to an activating group) is 1. The zero-order valence-corrected chi connectivity index (χ0v) is 15.2. The Morgan fingerprint density at radius 1 is 1.15 bits per heavy atom. The van der Waals surface area contributed by atoms with E-state index in [1.807, 2.05) is 35.2 Å². The Morgan fingerprint density at radius 2 is 1.88 bits per heavy atom. The lowest BCUT2D eigenvalue weighted by atomic mass is 10.3. The molecule has 8 heteroatoms. The Kier molecular flexibility index (Phi) is 5.62. The molecule has 8 nitrogen and oxygen atoms in total. The van der Waals surface area contributed by atoms with Crippen molar-refractivity contribution >= 4 is 17.5 Å². The fourth-order valence-electron chi connectivity index (χ4n) is 3.06. The molecule has 0 saturated carbocycles. The number of nitrogens with one attached hydrogen (secondary N) is 1. The molecule has 0 spiro atoms. The number of anilines is 2. The van der Waals surface area contributed by atoms with Gasteiger partial charge in [-0.1, -0.05) is 32.0 Å². The van der Waals surface area contributed by atoms with E-state index >= 15 is 0 Å². The van der Waals surface area contributed by atoms with Crippen LogP contribution < -0.4 is 15.8 Å². The maximum absolute atomic E-state index is 12.7. The molecular weight excluding hydrogens is 332 g/mol. The molecule has 1 aliphatic heterocycles. The summed E-state index contributed by atoms with van der Waals surface area (Å²) in [4.78, 5) is 29.1. The summed E-state index contributed by atoms with van der Waals surface area (Å²) in [6.07, 6.45) is 0. The number of amides is 1. The van der Waals surface area contributed by atoms with Crippen LogP contribution in [0.3, 0.4) is 0 Å². The van der Waals surface area contributed by atoms with Crippen LogP contribution in [0.4, 0.5) is 11.6 Å². The van der Waals surface area contributed by atoms with Crippen molar-refractivity contribution < 1.29 is 4.79 Å². The molecule has 0 atom stereocenters. The van der Waals surface area contributed by atoms with Gasteiger partial charge in [0.15, 0.2) is 0 Å². The maximum atomic E-state index is 12.7. The molecule has 138 valence electrons. The van der Waals surface area contributed by atoms with E-state index in [4.69, 9.17) is 0 Å². The van der Waals surface area contributed by atoms with E-state index in [0.29, 0.717) is 25.6 Å². The highest BCUT2D eigenvalue weighted by molar-refractivity contribution is 5.91. The number of rotatable bonds is 7. The van der Waals surface area contributed by atoms with Crippen molar-refractivity contribution in [3.8, 4) is 0 Å². The lowest BCUT2D eigenvalue weighted by Gasteiger charge is -2.18. The highest BCUT2D eigenvalue weighted by atomic mass is 16.2. The average Bonchev–Trinajstić information content (AvgIpc) is 3.11. The topological polar surface area (TPSA) is 83.4 Å². The van der Waals surface area contributed by atoms with Crippen molar-refractivity contribution in [3.05, 3.63) is 46.4 Å². The van der Waals surface area contributed by atoms with Crippen molar-refractivity contribution in [1.29, 1.82) is 0 Å². The molecule has 2 heterocycles. The predicted octanol–water partition coefficient (Wildman–Crippen LogP) is 0.862. The van der Waals surface area contributed by atoms with E-state index in [1.165, 1.54) is 4.57 Å². The Balaban J connectivity index is 1.74. The molecule has 0 bridgehead atoms. The second-order valence-corrected chi connectivity index (χ2v) is 6.08. The van der Waals surface area contributed by atoms with E-state index in [9.17, 15) is 9.59 Å². The van der Waals surface area contributed by atoms with Gasteiger partial charge < -0.3 is 15.1 Å². The maximum Gasteiger partial charge on any atom is 0.286 e. The van der Waals surface area contributed by atoms with Gasteiger partial charge in [-0.25, -0.2) is 0 Å². The van der Waals surface area contributed by atoms with Gasteiger partial charge in [-0.15, -0.1) is 10.2 Å². The van der Waals surface area contributed by atoms with Crippen molar-refractivity contribution in [2.24, 2.45) is 0 Å². The summed E-state index contributed by atoms with van der Waals surface area (Å²) in [6, 6.07) is 9.71. The van der Waals surface area contributed by atoms with Crippen LogP contribution in [0, 0.1) is 0 Å². The monoisotopic (exact) mass is 356 g/mol. The molecule has 1 aliphatic rings. The summed E-state index contributed by atoms with van der Waals surface area (Å²) >= 11 is 0. The van der Waals surface area contributed by atoms with Gasteiger partial charge in [0, 0.05) is 31.9 Å². The van der Waals surface area contributed by atoms with E-state index in [0.717, 1.165) is 25.3 Å². The SMILES string of the molecule is CCN(CC)CCNC(=O)c1nnc2n(c1=O)CCN2c1ccccc1. The van der Waals surface area contributed by atoms with Gasteiger partial charge in [-0.05, 0) is 25.2 Å². The molecular formula is C18H24N6O2. The zero-order chi connectivity index (χ0) is 18.5. The van der Waals surface area contributed by atoms with Crippen LogP contribution in [0.15, 0.2) is 35.1 Å². The van der Waals surface area contributed by atoms with Gasteiger partial charge >= 0.3 is 0 Å². The second-order valence-electron chi connectivity index (χ2n) is 6.08. The molecule has 3 rings (SSSR count). The lowest BCUT2D eigenvalue weighted by Crippen LogP contribution is -2.39. The second kappa shape index (κ2) is 8.09. The normalized spacial score (nSPS) is 13.1. The van der Waals surface area contributed by atoms with Gasteiger partial charge in [0.2, 0.25) is 11.6 Å². The summed E-state index contributed by atoms with van der Waals surface area (Å²) in [5.74, 6) is 0.00371. The smallest absolute Gasteiger partial charge is 0.286 e. The number of aromatic nitrogens is 3. The highest BCUT2D eigenvalue weighted by Gasteiger charge is 2.27. The number of fused-ring (bicyclic) bond motifs is 1. The Morgan fingerprint density at radius 3 is 2.58 bits per heavy atom. The number of hydrogen-bond donors (Lipinski definition) is 1. The molecule has 0 saturated heterocycles.